The molecule has 0 radical (unpaired) electrons. The van der Waals surface area contributed by atoms with Crippen molar-refractivity contribution >= 4 is 23.2 Å². The van der Waals surface area contributed by atoms with E-state index in [2.05, 4.69) is 5.32 Å². The Morgan fingerprint density at radius 3 is 2.55 bits per heavy atom. The number of hydrogen-bond acceptors (Lipinski definition) is 3. The molecule has 1 unspecified atom stereocenters. The number of nitrogens with zero attached hydrogens (tertiary/aromatic N) is 1. The lowest BCUT2D eigenvalue weighted by molar-refractivity contribution is -0.117. The maximum atomic E-state index is 13.4. The molecule has 4 rings (SSSR count). The number of amides is 2. The summed E-state index contributed by atoms with van der Waals surface area (Å²) in [7, 11) is 0. The minimum absolute atomic E-state index is 0.195. The van der Waals surface area contributed by atoms with Crippen LogP contribution in [-0.2, 0) is 17.6 Å². The lowest BCUT2D eigenvalue weighted by atomic mass is 9.94. The van der Waals surface area contributed by atoms with Crippen LogP contribution in [0.4, 0.5) is 11.4 Å². The number of carbonyl (C=O) groups excluding carboxylic acids is 2. The van der Waals surface area contributed by atoms with E-state index in [1.54, 1.807) is 11.0 Å². The van der Waals surface area contributed by atoms with Crippen LogP contribution in [0.25, 0.3) is 0 Å². The van der Waals surface area contributed by atoms with E-state index in [-0.39, 0.29) is 17.6 Å². The van der Waals surface area contributed by atoms with Gasteiger partial charge in [0.2, 0.25) is 5.91 Å². The molecule has 0 saturated carbocycles. The highest BCUT2D eigenvalue weighted by Crippen LogP contribution is 2.33. The average Bonchev–Trinajstić information content (AvgIpc) is 3.23. The number of benzene rings is 2. The predicted octanol–water partition coefficient (Wildman–Crippen LogP) is 4.75. The van der Waals surface area contributed by atoms with Gasteiger partial charge in [-0.3, -0.25) is 14.5 Å². The van der Waals surface area contributed by atoms with Crippen LogP contribution >= 0.6 is 0 Å². The normalized spacial score (nSPS) is 15.7. The Morgan fingerprint density at radius 1 is 1.07 bits per heavy atom. The molecule has 0 spiro atoms. The van der Waals surface area contributed by atoms with Crippen LogP contribution in [0, 0.1) is 6.92 Å². The Labute approximate surface area is 170 Å². The molecule has 29 heavy (non-hydrogen) atoms. The van der Waals surface area contributed by atoms with Gasteiger partial charge < -0.3 is 9.73 Å². The lowest BCUT2D eigenvalue weighted by Crippen LogP contribution is -2.50. The van der Waals surface area contributed by atoms with Crippen LogP contribution in [0.2, 0.25) is 0 Å². The number of hydrogen-bond donors (Lipinski definition) is 1. The van der Waals surface area contributed by atoms with Gasteiger partial charge in [-0.05, 0) is 55.7 Å². The van der Waals surface area contributed by atoms with Gasteiger partial charge in [-0.1, -0.05) is 42.8 Å². The Balaban J connectivity index is 1.67. The van der Waals surface area contributed by atoms with Crippen molar-refractivity contribution in [1.29, 1.82) is 0 Å². The SMILES string of the molecule is CCc1ccc(C(=O)N2c3ccccc3CCC2C(=O)Nc2ccc(C)cc2)o1. The molecule has 5 heteroatoms. The highest BCUT2D eigenvalue weighted by Gasteiger charge is 2.37. The summed E-state index contributed by atoms with van der Waals surface area (Å²) >= 11 is 0. The number of nitrogens with one attached hydrogen (secondary N) is 1. The molecule has 3 aromatic rings. The van der Waals surface area contributed by atoms with Crippen molar-refractivity contribution in [3.05, 3.63) is 83.3 Å². The molecular formula is C24H24N2O3. The predicted molar refractivity (Wildman–Crippen MR) is 113 cm³/mol. The number of aryl methyl sites for hydroxylation is 3. The third-order valence-corrected chi connectivity index (χ3v) is 5.31. The zero-order chi connectivity index (χ0) is 20.4. The fraction of sp³-hybridized carbons (Fsp3) is 0.250. The molecule has 148 valence electrons. The average molecular weight is 388 g/mol. The standard InChI is InChI=1S/C24H24N2O3/c1-3-19-13-15-22(29-19)24(28)26-20-7-5-4-6-17(20)10-14-21(26)23(27)25-18-11-8-16(2)9-12-18/h4-9,11-13,15,21H,3,10,14H2,1-2H3,(H,25,27). The smallest absolute Gasteiger partial charge is 0.294 e. The van der Waals surface area contributed by atoms with Gasteiger partial charge in [0.15, 0.2) is 5.76 Å². The van der Waals surface area contributed by atoms with Gasteiger partial charge in [-0.15, -0.1) is 0 Å². The first-order chi connectivity index (χ1) is 14.1. The summed E-state index contributed by atoms with van der Waals surface area (Å²) in [5, 5.41) is 2.96. The van der Waals surface area contributed by atoms with Gasteiger partial charge in [-0.2, -0.15) is 0 Å². The third-order valence-electron chi connectivity index (χ3n) is 5.31. The molecule has 0 fully saturated rings. The first-order valence-electron chi connectivity index (χ1n) is 9.94. The van der Waals surface area contributed by atoms with Gasteiger partial charge in [0.1, 0.15) is 11.8 Å². The lowest BCUT2D eigenvalue weighted by Gasteiger charge is -2.35. The fourth-order valence-corrected chi connectivity index (χ4v) is 3.71. The number of furan rings is 1. The number of fused-ring (bicyclic) bond motifs is 1. The summed E-state index contributed by atoms with van der Waals surface area (Å²) < 4.78 is 5.70. The largest absolute Gasteiger partial charge is 0.456 e. The number of rotatable bonds is 4. The second-order valence-corrected chi connectivity index (χ2v) is 7.33. The van der Waals surface area contributed by atoms with Crippen LogP contribution in [0.3, 0.4) is 0 Å². The van der Waals surface area contributed by atoms with Crippen molar-refractivity contribution in [2.45, 2.75) is 39.2 Å². The zero-order valence-electron chi connectivity index (χ0n) is 16.6. The van der Waals surface area contributed by atoms with E-state index in [9.17, 15) is 9.59 Å². The van der Waals surface area contributed by atoms with Crippen molar-refractivity contribution in [2.75, 3.05) is 10.2 Å². The van der Waals surface area contributed by atoms with Crippen molar-refractivity contribution in [1.82, 2.24) is 0 Å². The molecule has 0 aliphatic carbocycles. The van der Waals surface area contributed by atoms with E-state index in [4.69, 9.17) is 4.42 Å². The van der Waals surface area contributed by atoms with Crippen LogP contribution < -0.4 is 10.2 Å². The molecule has 0 saturated heterocycles. The first kappa shape index (κ1) is 19.0. The van der Waals surface area contributed by atoms with Gasteiger partial charge in [0.25, 0.3) is 5.91 Å². The van der Waals surface area contributed by atoms with E-state index in [1.165, 1.54) is 0 Å². The van der Waals surface area contributed by atoms with Crippen LogP contribution in [0.1, 0.15) is 40.8 Å². The summed E-state index contributed by atoms with van der Waals surface area (Å²) in [5.41, 5.74) is 3.67. The van der Waals surface area contributed by atoms with Gasteiger partial charge in [0.05, 0.1) is 0 Å². The number of anilines is 2. The van der Waals surface area contributed by atoms with E-state index >= 15 is 0 Å². The van der Waals surface area contributed by atoms with Crippen LogP contribution in [0.15, 0.2) is 65.1 Å². The molecule has 1 aliphatic heterocycles. The van der Waals surface area contributed by atoms with E-state index < -0.39 is 6.04 Å². The van der Waals surface area contributed by atoms with Gasteiger partial charge in [-0.25, -0.2) is 0 Å². The maximum Gasteiger partial charge on any atom is 0.294 e. The molecule has 2 amide bonds. The molecular weight excluding hydrogens is 364 g/mol. The first-order valence-corrected chi connectivity index (χ1v) is 9.94. The van der Waals surface area contributed by atoms with Crippen molar-refractivity contribution in [3.63, 3.8) is 0 Å². The molecule has 0 bridgehead atoms. The highest BCUT2D eigenvalue weighted by atomic mass is 16.4. The monoisotopic (exact) mass is 388 g/mol. The quantitative estimate of drug-likeness (QED) is 0.701. The Kier molecular flexibility index (Phi) is 5.21. The Hall–Kier alpha value is -3.34. The van der Waals surface area contributed by atoms with Crippen molar-refractivity contribution in [2.24, 2.45) is 0 Å². The molecule has 1 atom stereocenters. The molecule has 5 nitrogen and oxygen atoms in total. The summed E-state index contributed by atoms with van der Waals surface area (Å²) in [5.74, 6) is 0.519. The minimum atomic E-state index is -0.603. The summed E-state index contributed by atoms with van der Waals surface area (Å²) in [4.78, 5) is 28.1. The second-order valence-electron chi connectivity index (χ2n) is 7.33. The summed E-state index contributed by atoms with van der Waals surface area (Å²) in [6.07, 6.45) is 2.01. The Bertz CT molecular complexity index is 1040. The van der Waals surface area contributed by atoms with E-state index in [1.807, 2.05) is 68.4 Å². The van der Waals surface area contributed by atoms with Gasteiger partial charge in [0, 0.05) is 17.8 Å². The van der Waals surface area contributed by atoms with Crippen molar-refractivity contribution in [3.8, 4) is 0 Å². The minimum Gasteiger partial charge on any atom is -0.456 e. The molecule has 1 aliphatic rings. The zero-order valence-corrected chi connectivity index (χ0v) is 16.6. The van der Waals surface area contributed by atoms with Crippen LogP contribution in [0.5, 0.6) is 0 Å². The maximum absolute atomic E-state index is 13.4. The number of carbonyl (C=O) groups is 2. The topological polar surface area (TPSA) is 62.6 Å². The molecule has 1 aromatic heterocycles. The van der Waals surface area contributed by atoms with Gasteiger partial charge >= 0.3 is 0 Å². The van der Waals surface area contributed by atoms with E-state index in [0.29, 0.717) is 12.8 Å². The third kappa shape index (κ3) is 3.81. The van der Waals surface area contributed by atoms with Crippen LogP contribution in [-0.4, -0.2) is 17.9 Å². The Morgan fingerprint density at radius 2 is 1.83 bits per heavy atom. The van der Waals surface area contributed by atoms with Crippen molar-refractivity contribution < 1.29 is 14.0 Å². The highest BCUT2D eigenvalue weighted by molar-refractivity contribution is 6.11. The fourth-order valence-electron chi connectivity index (χ4n) is 3.71. The molecule has 1 N–H and O–H groups in total. The second kappa shape index (κ2) is 7.95. The number of para-hydroxylation sites is 1. The molecule has 2 heterocycles. The summed E-state index contributed by atoms with van der Waals surface area (Å²) in [6.45, 7) is 3.97. The van der Waals surface area contributed by atoms with E-state index in [0.717, 1.165) is 34.7 Å². The molecule has 2 aromatic carbocycles. The summed E-state index contributed by atoms with van der Waals surface area (Å²) in [6, 6.07) is 18.3.